The minimum atomic E-state index is -0.102. The number of pyridine rings is 3. The van der Waals surface area contributed by atoms with Crippen molar-refractivity contribution in [2.24, 2.45) is 0 Å². The quantitative estimate of drug-likeness (QED) is 0.229. The average molecular weight is 528 g/mol. The smallest absolute Gasteiger partial charge is 0.228 e. The molecule has 0 saturated heterocycles. The Morgan fingerprint density at radius 1 is 0.974 bits per heavy atom. The number of aromatic amines is 2. The minimum absolute atomic E-state index is 0.102. The molecular weight excluding hydrogens is 506 g/mol. The first-order valence-electron chi connectivity index (χ1n) is 12.4. The minimum Gasteiger partial charge on any atom is -0.338 e. The van der Waals surface area contributed by atoms with E-state index in [9.17, 15) is 4.79 Å². The van der Waals surface area contributed by atoms with Gasteiger partial charge in [0.1, 0.15) is 16.9 Å². The highest BCUT2D eigenvalue weighted by atomic mass is 32.1. The standard InChI is InChI=1S/C30H21N7OS/c38-27(13-18-5-2-1-3-6-18)33-20-14-19(16-31-17-20)23-8-9-24-28(34-23)29(37-36-24)25-15-22-21(26-7-4-12-39-26)10-11-32-30(22)35-25/h1-12,14-17H,13H2,(H,32,35)(H,33,38)(H,36,37). The number of hydrogen-bond donors (Lipinski definition) is 3. The summed E-state index contributed by atoms with van der Waals surface area (Å²) >= 11 is 1.70. The van der Waals surface area contributed by atoms with E-state index in [1.807, 2.05) is 66.9 Å². The molecule has 7 rings (SSSR count). The van der Waals surface area contributed by atoms with E-state index < -0.39 is 0 Å². The number of nitrogens with one attached hydrogen (secondary N) is 3. The van der Waals surface area contributed by atoms with Crippen LogP contribution >= 0.6 is 11.3 Å². The highest BCUT2D eigenvalue weighted by Crippen LogP contribution is 2.35. The second-order valence-corrected chi connectivity index (χ2v) is 10.1. The van der Waals surface area contributed by atoms with Gasteiger partial charge in [0.2, 0.25) is 5.91 Å². The third-order valence-electron chi connectivity index (χ3n) is 6.51. The Morgan fingerprint density at radius 3 is 2.77 bits per heavy atom. The van der Waals surface area contributed by atoms with E-state index in [1.54, 1.807) is 23.7 Å². The van der Waals surface area contributed by atoms with E-state index in [2.05, 4.69) is 48.0 Å². The lowest BCUT2D eigenvalue weighted by atomic mass is 10.1. The number of nitrogens with zero attached hydrogens (tertiary/aromatic N) is 4. The van der Waals surface area contributed by atoms with Gasteiger partial charge in [-0.1, -0.05) is 36.4 Å². The number of H-pyrrole nitrogens is 2. The van der Waals surface area contributed by atoms with Crippen molar-refractivity contribution < 1.29 is 4.79 Å². The molecule has 7 aromatic rings. The Morgan fingerprint density at radius 2 is 1.90 bits per heavy atom. The van der Waals surface area contributed by atoms with Crippen molar-refractivity contribution in [1.29, 1.82) is 0 Å². The number of amides is 1. The molecule has 0 aliphatic rings. The van der Waals surface area contributed by atoms with Crippen LogP contribution in [0, 0.1) is 0 Å². The third-order valence-corrected chi connectivity index (χ3v) is 7.41. The number of aromatic nitrogens is 6. The van der Waals surface area contributed by atoms with E-state index in [-0.39, 0.29) is 5.91 Å². The van der Waals surface area contributed by atoms with Gasteiger partial charge in [-0.15, -0.1) is 11.3 Å². The van der Waals surface area contributed by atoms with E-state index in [1.165, 1.54) is 4.88 Å². The van der Waals surface area contributed by atoms with Crippen LogP contribution in [0.2, 0.25) is 0 Å². The molecule has 0 unspecified atom stereocenters. The van der Waals surface area contributed by atoms with E-state index in [0.29, 0.717) is 17.8 Å². The fourth-order valence-corrected chi connectivity index (χ4v) is 5.45. The number of carbonyl (C=O) groups is 1. The first kappa shape index (κ1) is 23.0. The third kappa shape index (κ3) is 4.45. The highest BCUT2D eigenvalue weighted by Gasteiger charge is 2.16. The highest BCUT2D eigenvalue weighted by molar-refractivity contribution is 7.13. The Bertz CT molecular complexity index is 1940. The van der Waals surface area contributed by atoms with Gasteiger partial charge in [0.25, 0.3) is 0 Å². The van der Waals surface area contributed by atoms with Crippen molar-refractivity contribution in [1.82, 2.24) is 30.1 Å². The Hall–Kier alpha value is -5.15. The molecule has 1 aromatic carbocycles. The molecule has 39 heavy (non-hydrogen) atoms. The van der Waals surface area contributed by atoms with Crippen molar-refractivity contribution in [2.45, 2.75) is 6.42 Å². The van der Waals surface area contributed by atoms with Crippen LogP contribution in [-0.4, -0.2) is 36.0 Å². The van der Waals surface area contributed by atoms with Crippen molar-refractivity contribution in [2.75, 3.05) is 5.32 Å². The monoisotopic (exact) mass is 527 g/mol. The number of fused-ring (bicyclic) bond motifs is 2. The maximum absolute atomic E-state index is 12.6. The Kier molecular flexibility index (Phi) is 5.68. The summed E-state index contributed by atoms with van der Waals surface area (Å²) in [5, 5.41) is 13.7. The molecular formula is C30H21N7OS. The van der Waals surface area contributed by atoms with Crippen molar-refractivity contribution in [3.8, 4) is 33.1 Å². The van der Waals surface area contributed by atoms with Crippen LogP contribution in [0.25, 0.3) is 55.2 Å². The summed E-state index contributed by atoms with van der Waals surface area (Å²) in [5.74, 6) is -0.102. The van der Waals surface area contributed by atoms with Gasteiger partial charge in [0, 0.05) is 33.8 Å². The predicted octanol–water partition coefficient (Wildman–Crippen LogP) is 6.47. The molecule has 0 spiro atoms. The fourth-order valence-electron chi connectivity index (χ4n) is 4.68. The zero-order valence-corrected chi connectivity index (χ0v) is 21.4. The largest absolute Gasteiger partial charge is 0.338 e. The fraction of sp³-hybridized carbons (Fsp3) is 0.0333. The molecule has 6 heterocycles. The topological polar surface area (TPSA) is 112 Å². The maximum atomic E-state index is 12.6. The van der Waals surface area contributed by atoms with Crippen molar-refractivity contribution in [3.05, 3.63) is 102 Å². The molecule has 6 aromatic heterocycles. The molecule has 9 heteroatoms. The van der Waals surface area contributed by atoms with Gasteiger partial charge < -0.3 is 10.3 Å². The summed E-state index contributed by atoms with van der Waals surface area (Å²) in [5.41, 5.74) is 8.10. The molecule has 0 atom stereocenters. The number of carbonyl (C=O) groups excluding carboxylic acids is 1. The summed E-state index contributed by atoms with van der Waals surface area (Å²) in [6.07, 6.45) is 5.48. The number of thiophene rings is 1. The molecule has 0 radical (unpaired) electrons. The number of rotatable bonds is 6. The summed E-state index contributed by atoms with van der Waals surface area (Å²) in [4.78, 5) is 31.0. The zero-order valence-electron chi connectivity index (χ0n) is 20.6. The average Bonchev–Trinajstić information content (AvgIpc) is 3.73. The Balaban J connectivity index is 1.21. The van der Waals surface area contributed by atoms with E-state index in [0.717, 1.165) is 50.1 Å². The van der Waals surface area contributed by atoms with Gasteiger partial charge in [-0.3, -0.25) is 14.9 Å². The summed E-state index contributed by atoms with van der Waals surface area (Å²) in [7, 11) is 0. The van der Waals surface area contributed by atoms with Gasteiger partial charge in [-0.25, -0.2) is 9.97 Å². The second kappa shape index (κ2) is 9.62. The number of anilines is 1. The van der Waals surface area contributed by atoms with Crippen LogP contribution in [0.15, 0.2) is 96.8 Å². The molecule has 1 amide bonds. The van der Waals surface area contributed by atoms with E-state index in [4.69, 9.17) is 4.98 Å². The lowest BCUT2D eigenvalue weighted by molar-refractivity contribution is -0.115. The normalized spacial score (nSPS) is 11.3. The SMILES string of the molecule is O=C(Cc1ccccc1)Nc1cncc(-c2ccc3[nH]nc(-c4cc5c(-c6cccs6)ccnc5[nH]4)c3n2)c1. The van der Waals surface area contributed by atoms with Crippen LogP contribution < -0.4 is 5.32 Å². The summed E-state index contributed by atoms with van der Waals surface area (Å²) in [6, 6.07) is 23.6. The van der Waals surface area contributed by atoms with Crippen LogP contribution in [0.3, 0.4) is 0 Å². The first-order valence-corrected chi connectivity index (χ1v) is 13.3. The molecule has 0 aliphatic heterocycles. The molecule has 0 saturated carbocycles. The van der Waals surface area contributed by atoms with Gasteiger partial charge in [0.05, 0.1) is 35.2 Å². The van der Waals surface area contributed by atoms with Gasteiger partial charge in [0.15, 0.2) is 0 Å². The van der Waals surface area contributed by atoms with Crippen LogP contribution in [0.4, 0.5) is 5.69 Å². The first-order chi connectivity index (χ1) is 19.2. The molecule has 8 nitrogen and oxygen atoms in total. The van der Waals surface area contributed by atoms with Gasteiger partial charge >= 0.3 is 0 Å². The van der Waals surface area contributed by atoms with Crippen LogP contribution in [-0.2, 0) is 11.2 Å². The summed E-state index contributed by atoms with van der Waals surface area (Å²) < 4.78 is 0. The maximum Gasteiger partial charge on any atom is 0.228 e. The predicted molar refractivity (Wildman–Crippen MR) is 154 cm³/mol. The lowest BCUT2D eigenvalue weighted by Crippen LogP contribution is -2.14. The Labute approximate surface area is 226 Å². The summed E-state index contributed by atoms with van der Waals surface area (Å²) in [6.45, 7) is 0. The molecule has 0 aliphatic carbocycles. The number of hydrogen-bond acceptors (Lipinski definition) is 6. The van der Waals surface area contributed by atoms with Gasteiger partial charge in [-0.05, 0) is 47.3 Å². The second-order valence-electron chi connectivity index (χ2n) is 9.12. The van der Waals surface area contributed by atoms with Crippen LogP contribution in [0.5, 0.6) is 0 Å². The zero-order chi connectivity index (χ0) is 26.2. The molecule has 0 fully saturated rings. The van der Waals surface area contributed by atoms with Crippen molar-refractivity contribution >= 4 is 45.0 Å². The molecule has 3 N–H and O–H groups in total. The lowest BCUT2D eigenvalue weighted by Gasteiger charge is -2.07. The van der Waals surface area contributed by atoms with Gasteiger partial charge in [-0.2, -0.15) is 5.10 Å². The van der Waals surface area contributed by atoms with Crippen molar-refractivity contribution in [3.63, 3.8) is 0 Å². The number of benzene rings is 1. The van der Waals surface area contributed by atoms with Crippen LogP contribution in [0.1, 0.15) is 5.56 Å². The molecule has 188 valence electrons. The molecule has 0 bridgehead atoms. The van der Waals surface area contributed by atoms with E-state index >= 15 is 0 Å².